The Bertz CT molecular complexity index is 512. The fourth-order valence-corrected chi connectivity index (χ4v) is 2.21. The van der Waals surface area contributed by atoms with E-state index in [9.17, 15) is 0 Å². The number of nitrogens with one attached hydrogen (secondary N) is 1. The van der Waals surface area contributed by atoms with Crippen molar-refractivity contribution < 1.29 is 4.42 Å². The van der Waals surface area contributed by atoms with E-state index in [1.807, 2.05) is 26.0 Å². The van der Waals surface area contributed by atoms with Gasteiger partial charge in [-0.1, -0.05) is 23.2 Å². The first kappa shape index (κ1) is 13.4. The molecule has 0 fully saturated rings. The number of nitrogens with zero attached hydrogens (tertiary/aromatic N) is 1. The Morgan fingerprint density at radius 1 is 1.11 bits per heavy atom. The summed E-state index contributed by atoms with van der Waals surface area (Å²) in [6.07, 6.45) is 0. The maximum Gasteiger partial charge on any atom is 0.208 e. The number of aromatic nitrogens is 1. The second kappa shape index (κ2) is 5.74. The van der Waals surface area contributed by atoms with Gasteiger partial charge in [0.05, 0.1) is 12.2 Å². The molecule has 0 aliphatic rings. The molecule has 5 heteroatoms. The Morgan fingerprint density at radius 2 is 1.78 bits per heavy atom. The molecule has 1 aromatic heterocycles. The molecule has 3 nitrogen and oxygen atoms in total. The van der Waals surface area contributed by atoms with Gasteiger partial charge in [-0.15, -0.1) is 0 Å². The highest BCUT2D eigenvalue weighted by atomic mass is 35.5. The zero-order valence-corrected chi connectivity index (χ0v) is 11.8. The van der Waals surface area contributed by atoms with Crippen molar-refractivity contribution in [2.24, 2.45) is 0 Å². The summed E-state index contributed by atoms with van der Waals surface area (Å²) in [6, 6.07) is 5.48. The normalized spacial score (nSPS) is 10.9. The minimum absolute atomic E-state index is 0.582. The molecule has 0 saturated heterocycles. The van der Waals surface area contributed by atoms with Crippen LogP contribution in [0.4, 0.5) is 0 Å². The Hall–Kier alpha value is -1.03. The summed E-state index contributed by atoms with van der Waals surface area (Å²) in [6.45, 7) is 5.08. The summed E-state index contributed by atoms with van der Waals surface area (Å²) in [5.41, 5.74) is 1.96. The van der Waals surface area contributed by atoms with E-state index in [-0.39, 0.29) is 0 Å². The lowest BCUT2D eigenvalue weighted by molar-refractivity contribution is 0.448. The van der Waals surface area contributed by atoms with Crippen molar-refractivity contribution in [1.29, 1.82) is 0 Å². The molecule has 0 atom stereocenters. The number of halogens is 2. The molecule has 1 N–H and O–H groups in total. The highest BCUT2D eigenvalue weighted by molar-refractivity contribution is 6.34. The van der Waals surface area contributed by atoms with Crippen LogP contribution in [0.5, 0.6) is 0 Å². The summed E-state index contributed by atoms with van der Waals surface area (Å²) < 4.78 is 5.47. The molecule has 96 valence electrons. The van der Waals surface area contributed by atoms with E-state index in [2.05, 4.69) is 10.3 Å². The van der Waals surface area contributed by atoms with Gasteiger partial charge in [0.15, 0.2) is 0 Å². The lowest BCUT2D eigenvalue weighted by Crippen LogP contribution is -2.12. The number of benzene rings is 1. The van der Waals surface area contributed by atoms with Crippen molar-refractivity contribution in [2.45, 2.75) is 26.9 Å². The summed E-state index contributed by atoms with van der Waals surface area (Å²) >= 11 is 11.9. The summed E-state index contributed by atoms with van der Waals surface area (Å²) in [5.74, 6) is 1.55. The van der Waals surface area contributed by atoms with Crippen LogP contribution in [0.3, 0.4) is 0 Å². The Morgan fingerprint density at radius 3 is 2.33 bits per heavy atom. The lowest BCUT2D eigenvalue weighted by atomic mass is 10.2. The Kier molecular flexibility index (Phi) is 4.27. The second-order valence-electron chi connectivity index (χ2n) is 4.13. The highest BCUT2D eigenvalue weighted by Crippen LogP contribution is 2.19. The van der Waals surface area contributed by atoms with Gasteiger partial charge in [0, 0.05) is 16.6 Å². The van der Waals surface area contributed by atoms with Crippen molar-refractivity contribution in [2.75, 3.05) is 0 Å². The first-order valence-corrected chi connectivity index (χ1v) is 6.39. The average Bonchev–Trinajstić information content (AvgIpc) is 2.57. The topological polar surface area (TPSA) is 38.1 Å². The monoisotopic (exact) mass is 284 g/mol. The molecule has 0 aliphatic heterocycles. The molecule has 1 heterocycles. The number of hydrogen-bond donors (Lipinski definition) is 1. The van der Waals surface area contributed by atoms with Crippen molar-refractivity contribution >= 4 is 23.2 Å². The molecule has 0 amide bonds. The molecule has 2 aromatic rings. The van der Waals surface area contributed by atoms with E-state index in [4.69, 9.17) is 27.6 Å². The minimum atomic E-state index is 0.582. The van der Waals surface area contributed by atoms with E-state index in [1.165, 1.54) is 0 Å². The van der Waals surface area contributed by atoms with E-state index in [0.29, 0.717) is 29.0 Å². The smallest absolute Gasteiger partial charge is 0.208 e. The molecular formula is C13H14Cl2N2O. The molecular weight excluding hydrogens is 271 g/mol. The predicted molar refractivity (Wildman–Crippen MR) is 73.0 cm³/mol. The third kappa shape index (κ3) is 3.48. The van der Waals surface area contributed by atoms with Gasteiger partial charge in [-0.25, -0.2) is 4.98 Å². The van der Waals surface area contributed by atoms with Crippen LogP contribution < -0.4 is 5.32 Å². The van der Waals surface area contributed by atoms with Gasteiger partial charge in [0.25, 0.3) is 0 Å². The number of hydrogen-bond acceptors (Lipinski definition) is 3. The SMILES string of the molecule is Cc1nc(CNCc2cc(Cl)cc(Cl)c2)oc1C. The van der Waals surface area contributed by atoms with E-state index >= 15 is 0 Å². The van der Waals surface area contributed by atoms with Crippen LogP contribution in [0.15, 0.2) is 22.6 Å². The lowest BCUT2D eigenvalue weighted by Gasteiger charge is -2.04. The van der Waals surface area contributed by atoms with Gasteiger partial charge in [-0.3, -0.25) is 0 Å². The fraction of sp³-hybridized carbons (Fsp3) is 0.308. The van der Waals surface area contributed by atoms with Crippen LogP contribution >= 0.6 is 23.2 Å². The Labute approximate surface area is 116 Å². The standard InChI is InChI=1S/C13H14Cl2N2O/c1-8-9(2)18-13(17-8)7-16-6-10-3-11(14)5-12(15)4-10/h3-5,16H,6-7H2,1-2H3. The van der Waals surface area contributed by atoms with Crippen molar-refractivity contribution in [1.82, 2.24) is 10.3 Å². The maximum absolute atomic E-state index is 5.93. The number of oxazole rings is 1. The third-order valence-corrected chi connectivity index (χ3v) is 3.04. The second-order valence-corrected chi connectivity index (χ2v) is 5.00. The van der Waals surface area contributed by atoms with E-state index in [1.54, 1.807) is 6.07 Å². The molecule has 0 aliphatic carbocycles. The predicted octanol–water partition coefficient (Wildman–Crippen LogP) is 3.89. The summed E-state index contributed by atoms with van der Waals surface area (Å²) in [4.78, 5) is 4.30. The highest BCUT2D eigenvalue weighted by Gasteiger charge is 2.05. The zero-order valence-electron chi connectivity index (χ0n) is 10.3. The van der Waals surface area contributed by atoms with Crippen LogP contribution in [-0.4, -0.2) is 4.98 Å². The first-order valence-electron chi connectivity index (χ1n) is 5.63. The molecule has 1 aromatic carbocycles. The quantitative estimate of drug-likeness (QED) is 0.926. The van der Waals surface area contributed by atoms with E-state index in [0.717, 1.165) is 17.0 Å². The van der Waals surface area contributed by atoms with Crippen LogP contribution in [0, 0.1) is 13.8 Å². The van der Waals surface area contributed by atoms with E-state index < -0.39 is 0 Å². The molecule has 0 bridgehead atoms. The Balaban J connectivity index is 1.92. The molecule has 0 saturated carbocycles. The van der Waals surface area contributed by atoms with Gasteiger partial charge in [-0.2, -0.15) is 0 Å². The first-order chi connectivity index (χ1) is 8.54. The molecule has 2 rings (SSSR count). The van der Waals surface area contributed by atoms with Crippen LogP contribution in [-0.2, 0) is 13.1 Å². The molecule has 0 radical (unpaired) electrons. The van der Waals surface area contributed by atoms with Gasteiger partial charge >= 0.3 is 0 Å². The fourth-order valence-electron chi connectivity index (χ4n) is 1.64. The van der Waals surface area contributed by atoms with Crippen LogP contribution in [0.25, 0.3) is 0 Å². The van der Waals surface area contributed by atoms with Crippen molar-refractivity contribution in [3.8, 4) is 0 Å². The van der Waals surface area contributed by atoms with Crippen LogP contribution in [0.2, 0.25) is 10.0 Å². The zero-order chi connectivity index (χ0) is 13.1. The summed E-state index contributed by atoms with van der Waals surface area (Å²) in [5, 5.41) is 4.52. The summed E-state index contributed by atoms with van der Waals surface area (Å²) in [7, 11) is 0. The average molecular weight is 285 g/mol. The number of aryl methyl sites for hydroxylation is 2. The van der Waals surface area contributed by atoms with Gasteiger partial charge < -0.3 is 9.73 Å². The van der Waals surface area contributed by atoms with Gasteiger partial charge in [-0.05, 0) is 37.6 Å². The molecule has 0 spiro atoms. The van der Waals surface area contributed by atoms with Crippen molar-refractivity contribution in [3.63, 3.8) is 0 Å². The molecule has 0 unspecified atom stereocenters. The van der Waals surface area contributed by atoms with Crippen molar-refractivity contribution in [3.05, 3.63) is 51.2 Å². The van der Waals surface area contributed by atoms with Crippen LogP contribution in [0.1, 0.15) is 22.9 Å². The maximum atomic E-state index is 5.93. The number of rotatable bonds is 4. The minimum Gasteiger partial charge on any atom is -0.444 e. The van der Waals surface area contributed by atoms with Gasteiger partial charge in [0.1, 0.15) is 5.76 Å². The largest absolute Gasteiger partial charge is 0.444 e. The molecule has 18 heavy (non-hydrogen) atoms. The third-order valence-electron chi connectivity index (χ3n) is 2.60. The van der Waals surface area contributed by atoms with Gasteiger partial charge in [0.2, 0.25) is 5.89 Å².